The zero-order valence-corrected chi connectivity index (χ0v) is 31.6. The molecule has 3 saturated carbocycles. The molecule has 2 N–H and O–H groups in total. The number of benzene rings is 2. The van der Waals surface area contributed by atoms with E-state index < -0.39 is 23.7 Å². The van der Waals surface area contributed by atoms with E-state index in [4.69, 9.17) is 30.8 Å². The highest BCUT2D eigenvalue weighted by Gasteiger charge is 2.48. The number of fused-ring (bicyclic) bond motifs is 5. The molecule has 2 aromatic heterocycles. The van der Waals surface area contributed by atoms with Crippen molar-refractivity contribution >= 4 is 27.5 Å². The summed E-state index contributed by atoms with van der Waals surface area (Å²) in [6, 6.07) is 5.85. The number of terminal acetylenes is 1. The quantitative estimate of drug-likeness (QED) is 0.131. The Morgan fingerprint density at radius 3 is 2.28 bits per heavy atom. The molecular formula is C43H45F5N6O3. The summed E-state index contributed by atoms with van der Waals surface area (Å²) in [4.78, 5) is 18.8. The average Bonchev–Trinajstić information content (AvgIpc) is 4.13. The minimum absolute atomic E-state index is 0.0225. The molecule has 6 fully saturated rings. The van der Waals surface area contributed by atoms with E-state index in [2.05, 4.69) is 21.0 Å². The van der Waals surface area contributed by atoms with Crippen LogP contribution >= 0.6 is 0 Å². The fraction of sp³-hybridized carbons (Fsp3) is 0.558. The predicted molar refractivity (Wildman–Crippen MR) is 204 cm³/mol. The zero-order chi connectivity index (χ0) is 39.2. The van der Waals surface area contributed by atoms with Crippen LogP contribution in [0.1, 0.15) is 69.8 Å². The maximum absolute atomic E-state index is 17.5. The molecule has 57 heavy (non-hydrogen) atoms. The molecule has 6 aliphatic rings. The first kappa shape index (κ1) is 36.8. The van der Waals surface area contributed by atoms with Gasteiger partial charge in [0.2, 0.25) is 5.88 Å². The van der Waals surface area contributed by atoms with Crippen LogP contribution in [0.3, 0.4) is 0 Å². The minimum atomic E-state index is -4.18. The number of hydrogen-bond donors (Lipinski definition) is 2. The number of rotatable bonds is 9. The number of aromatic nitrogens is 3. The van der Waals surface area contributed by atoms with E-state index in [1.54, 1.807) is 0 Å². The minimum Gasteiger partial charge on any atom is -0.508 e. The lowest BCUT2D eigenvalue weighted by molar-refractivity contribution is -0.185. The number of phenols is 1. The first-order valence-corrected chi connectivity index (χ1v) is 20.4. The number of hydrogen-bond acceptors (Lipinski definition) is 9. The Balaban J connectivity index is 1.07. The van der Waals surface area contributed by atoms with Gasteiger partial charge >= 0.3 is 12.2 Å². The van der Waals surface area contributed by atoms with Gasteiger partial charge in [-0.1, -0.05) is 12.0 Å². The largest absolute Gasteiger partial charge is 0.508 e. The topological polar surface area (TPSA) is 95.9 Å². The third-order valence-electron chi connectivity index (χ3n) is 13.4. The number of alkyl halides is 3. The van der Waals surface area contributed by atoms with Crippen molar-refractivity contribution < 1.29 is 36.5 Å². The van der Waals surface area contributed by atoms with Crippen LogP contribution in [0.25, 0.3) is 32.9 Å². The van der Waals surface area contributed by atoms with Crippen LogP contribution in [0, 0.1) is 47.1 Å². The summed E-state index contributed by atoms with van der Waals surface area (Å²) < 4.78 is 85.7. The Morgan fingerprint density at radius 1 is 0.930 bits per heavy atom. The number of pyridine rings is 1. The highest BCUT2D eigenvalue weighted by Crippen LogP contribution is 2.49. The summed E-state index contributed by atoms with van der Waals surface area (Å²) in [6.07, 6.45) is 9.49. The fourth-order valence-corrected chi connectivity index (χ4v) is 9.89. The van der Waals surface area contributed by atoms with Crippen LogP contribution in [-0.2, 0) is 0 Å². The number of aromatic hydroxyl groups is 1. The van der Waals surface area contributed by atoms with Gasteiger partial charge in [-0.05, 0) is 113 Å². The van der Waals surface area contributed by atoms with Gasteiger partial charge in [-0.2, -0.15) is 23.1 Å². The molecule has 14 heteroatoms. The number of halogens is 5. The first-order valence-electron chi connectivity index (χ1n) is 20.4. The molecule has 9 nitrogen and oxygen atoms in total. The molecule has 4 atom stereocenters. The molecule has 3 aliphatic carbocycles. The summed E-state index contributed by atoms with van der Waals surface area (Å²) in [5.41, 5.74) is -0.550. The molecular weight excluding hydrogens is 744 g/mol. The molecule has 0 spiro atoms. The first-order chi connectivity index (χ1) is 27.4. The number of anilines is 1. The monoisotopic (exact) mass is 788 g/mol. The number of piperazine rings is 1. The van der Waals surface area contributed by atoms with Gasteiger partial charge in [0.1, 0.15) is 40.1 Å². The number of piperidine rings is 1. The molecule has 3 saturated heterocycles. The van der Waals surface area contributed by atoms with E-state index in [9.17, 15) is 18.3 Å². The molecule has 4 aromatic rings. The van der Waals surface area contributed by atoms with Crippen LogP contribution < -0.4 is 19.7 Å². The van der Waals surface area contributed by atoms with Gasteiger partial charge < -0.3 is 29.7 Å². The molecule has 4 unspecified atom stereocenters. The van der Waals surface area contributed by atoms with E-state index in [0.717, 1.165) is 38.5 Å². The van der Waals surface area contributed by atoms with Crippen LogP contribution in [0.5, 0.6) is 17.6 Å². The molecule has 0 amide bonds. The highest BCUT2D eigenvalue weighted by atomic mass is 19.4. The van der Waals surface area contributed by atoms with Gasteiger partial charge in [-0.25, -0.2) is 13.8 Å². The second-order valence-electron chi connectivity index (χ2n) is 17.5. The summed E-state index contributed by atoms with van der Waals surface area (Å²) in [7, 11) is 0. The molecule has 5 heterocycles. The zero-order valence-electron chi connectivity index (χ0n) is 31.6. The van der Waals surface area contributed by atoms with E-state index >= 15 is 8.78 Å². The average molecular weight is 789 g/mol. The standard InChI is InChI=1S/C43H45F5N6O3/c1-2-31-33(44)8-5-25-17-29(55)18-32(34(25)31)37-36(45)38-35(40(50-37)57-30-6-7-30)39(54-19-27-15-23-3-4-24(23)16-28(20-54)49-27)52-41(51-38)56-22-42(11-12-42)21-53-13-9-26(10-14-53)43(46,47)48/h1,5,8,17-18,23-24,26-28,30,49,55H,3-4,6-7,9-16,19-22H2. The maximum atomic E-state index is 17.5. The van der Waals surface area contributed by atoms with Crippen molar-refractivity contribution in [3.63, 3.8) is 0 Å². The van der Waals surface area contributed by atoms with Crippen LogP contribution in [0.15, 0.2) is 24.3 Å². The van der Waals surface area contributed by atoms with Crippen LogP contribution in [-0.4, -0.2) is 88.7 Å². The number of phenolic OH excluding ortho intramolecular Hbond substituents is 1. The number of nitrogens with one attached hydrogen (secondary N) is 1. The molecule has 0 radical (unpaired) electrons. The lowest BCUT2D eigenvalue weighted by atomic mass is 9.69. The lowest BCUT2D eigenvalue weighted by Gasteiger charge is -2.39. The van der Waals surface area contributed by atoms with Crippen molar-refractivity contribution in [1.29, 1.82) is 0 Å². The number of likely N-dealkylation sites (tertiary alicyclic amines) is 1. The second-order valence-corrected chi connectivity index (χ2v) is 17.5. The normalized spacial score (nSPS) is 26.1. The van der Waals surface area contributed by atoms with Gasteiger partial charge in [-0.3, -0.25) is 0 Å². The van der Waals surface area contributed by atoms with E-state index in [1.807, 2.05) is 0 Å². The van der Waals surface area contributed by atoms with E-state index in [-0.39, 0.29) is 88.4 Å². The highest BCUT2D eigenvalue weighted by molar-refractivity contribution is 6.04. The van der Waals surface area contributed by atoms with Crippen molar-refractivity contribution in [1.82, 2.24) is 25.2 Å². The fourth-order valence-electron chi connectivity index (χ4n) is 9.89. The molecule has 300 valence electrons. The molecule has 3 aliphatic heterocycles. The van der Waals surface area contributed by atoms with Crippen molar-refractivity contribution in [3.05, 3.63) is 41.5 Å². The summed E-state index contributed by atoms with van der Waals surface area (Å²) in [6.45, 7) is 2.83. The van der Waals surface area contributed by atoms with Crippen molar-refractivity contribution in [3.8, 4) is 41.2 Å². The number of ether oxygens (including phenoxy) is 2. The van der Waals surface area contributed by atoms with Crippen LogP contribution in [0.2, 0.25) is 0 Å². The molecule has 2 aromatic carbocycles. The SMILES string of the molecule is C#Cc1c(F)ccc2cc(O)cc(-c3nc(OC4CC4)c4c(N5CC6CC7CCC7CC(C5)N6)nc(OCC5(CN6CCC(C(F)(F)F)CC6)CC5)nc4c3F)c12. The Bertz CT molecular complexity index is 2260. The maximum Gasteiger partial charge on any atom is 0.391 e. The Labute approximate surface area is 327 Å². The van der Waals surface area contributed by atoms with Crippen molar-refractivity contribution in [2.24, 2.45) is 23.2 Å². The van der Waals surface area contributed by atoms with E-state index in [0.29, 0.717) is 61.1 Å². The Hall–Kier alpha value is -4.48. The van der Waals surface area contributed by atoms with Gasteiger partial charge in [0.05, 0.1) is 18.1 Å². The molecule has 2 bridgehead atoms. The predicted octanol–water partition coefficient (Wildman–Crippen LogP) is 7.75. The third kappa shape index (κ3) is 6.98. The lowest BCUT2D eigenvalue weighted by Crippen LogP contribution is -2.56. The number of nitrogens with zero attached hydrogens (tertiary/aromatic N) is 5. The smallest absolute Gasteiger partial charge is 0.391 e. The van der Waals surface area contributed by atoms with Crippen molar-refractivity contribution in [2.75, 3.05) is 44.2 Å². The van der Waals surface area contributed by atoms with Crippen molar-refractivity contribution in [2.45, 2.75) is 88.6 Å². The third-order valence-corrected chi connectivity index (χ3v) is 13.4. The van der Waals surface area contributed by atoms with Crippen LogP contribution in [0.4, 0.5) is 27.8 Å². The summed E-state index contributed by atoms with van der Waals surface area (Å²) in [5, 5.41) is 15.6. The summed E-state index contributed by atoms with van der Waals surface area (Å²) >= 11 is 0. The molecule has 10 rings (SSSR count). The van der Waals surface area contributed by atoms with Gasteiger partial charge in [-0.15, -0.1) is 6.42 Å². The Kier molecular flexibility index (Phi) is 8.93. The van der Waals surface area contributed by atoms with E-state index in [1.165, 1.54) is 37.1 Å². The van der Waals surface area contributed by atoms with Gasteiger partial charge in [0, 0.05) is 48.1 Å². The second kappa shape index (κ2) is 13.8. The Morgan fingerprint density at radius 2 is 1.65 bits per heavy atom. The summed E-state index contributed by atoms with van der Waals surface area (Å²) in [5.74, 6) is 1.44. The van der Waals surface area contributed by atoms with Gasteiger partial charge in [0.25, 0.3) is 0 Å². The van der Waals surface area contributed by atoms with Gasteiger partial charge in [0.15, 0.2) is 5.82 Å².